The van der Waals surface area contributed by atoms with Gasteiger partial charge in [-0.1, -0.05) is 18.2 Å². The van der Waals surface area contributed by atoms with Crippen molar-refractivity contribution in [2.45, 2.75) is 20.1 Å². The lowest BCUT2D eigenvalue weighted by atomic mass is 10.1. The number of benzene rings is 2. The average molecular weight is 311 g/mol. The predicted octanol–water partition coefficient (Wildman–Crippen LogP) is 4.40. The van der Waals surface area contributed by atoms with Crippen molar-refractivity contribution in [2.24, 2.45) is 4.99 Å². The van der Waals surface area contributed by atoms with E-state index >= 15 is 0 Å². The highest BCUT2D eigenvalue weighted by atomic mass is 16.7. The predicted molar refractivity (Wildman–Crippen MR) is 93.2 cm³/mol. The number of aliphatic imine (C=N–C) groups is 1. The highest BCUT2D eigenvalue weighted by Crippen LogP contribution is 2.28. The third-order valence-corrected chi connectivity index (χ3v) is 3.60. The summed E-state index contributed by atoms with van der Waals surface area (Å²) in [5.74, 6) is 0. The lowest BCUT2D eigenvalue weighted by Gasteiger charge is -2.13. The first-order valence-electron chi connectivity index (χ1n) is 7.96. The Kier molecular flexibility index (Phi) is 5.05. The molecular weight excluding hydrogens is 290 g/mol. The average Bonchev–Trinajstić information content (AvgIpc) is 2.93. The minimum atomic E-state index is -0.278. The van der Waals surface area contributed by atoms with Gasteiger partial charge in [-0.05, 0) is 43.7 Å². The molecule has 0 aliphatic heterocycles. The molecule has 0 amide bonds. The van der Waals surface area contributed by atoms with Gasteiger partial charge in [-0.15, -0.1) is 0 Å². The van der Waals surface area contributed by atoms with E-state index in [-0.39, 0.29) is 6.29 Å². The summed E-state index contributed by atoms with van der Waals surface area (Å²) in [6.07, 6.45) is 1.58. The molecule has 2 aromatic carbocycles. The molecule has 120 valence electrons. The monoisotopic (exact) mass is 311 g/mol. The molecule has 3 aromatic rings. The van der Waals surface area contributed by atoms with E-state index < -0.39 is 0 Å². The summed E-state index contributed by atoms with van der Waals surface area (Å²) in [5, 5.41) is 2.23. The molecule has 3 rings (SSSR count). The molecular formula is C19H21NO3. The van der Waals surface area contributed by atoms with E-state index in [1.165, 1.54) is 0 Å². The van der Waals surface area contributed by atoms with Gasteiger partial charge in [0.2, 0.25) is 0 Å². The van der Waals surface area contributed by atoms with Crippen molar-refractivity contribution in [1.82, 2.24) is 0 Å². The molecule has 0 aliphatic carbocycles. The summed E-state index contributed by atoms with van der Waals surface area (Å²) in [6, 6.07) is 14.1. The van der Waals surface area contributed by atoms with Crippen LogP contribution in [0.1, 0.15) is 19.4 Å². The van der Waals surface area contributed by atoms with Crippen molar-refractivity contribution in [2.75, 3.05) is 19.8 Å². The van der Waals surface area contributed by atoms with Gasteiger partial charge in [0.25, 0.3) is 0 Å². The SMILES string of the molecule is CCOC(CN=Cc1ccc2oc3ccccc3c2c1)OCC. The lowest BCUT2D eigenvalue weighted by Crippen LogP contribution is -2.20. The van der Waals surface area contributed by atoms with Crippen molar-refractivity contribution in [1.29, 1.82) is 0 Å². The Bertz CT molecular complexity index is 801. The molecule has 4 nitrogen and oxygen atoms in total. The normalized spacial score (nSPS) is 12.1. The van der Waals surface area contributed by atoms with Crippen molar-refractivity contribution < 1.29 is 13.9 Å². The first kappa shape index (κ1) is 15.7. The second kappa shape index (κ2) is 7.40. The lowest BCUT2D eigenvalue weighted by molar-refractivity contribution is -0.128. The van der Waals surface area contributed by atoms with E-state index in [2.05, 4.69) is 17.1 Å². The van der Waals surface area contributed by atoms with Gasteiger partial charge in [-0.3, -0.25) is 4.99 Å². The Morgan fingerprint density at radius 2 is 1.74 bits per heavy atom. The number of furan rings is 1. The zero-order chi connectivity index (χ0) is 16.1. The van der Waals surface area contributed by atoms with Crippen molar-refractivity contribution in [3.8, 4) is 0 Å². The number of rotatable bonds is 7. The second-order valence-corrected chi connectivity index (χ2v) is 5.19. The summed E-state index contributed by atoms with van der Waals surface area (Å²) in [7, 11) is 0. The molecule has 23 heavy (non-hydrogen) atoms. The van der Waals surface area contributed by atoms with Crippen LogP contribution in [-0.2, 0) is 9.47 Å². The molecule has 0 saturated carbocycles. The summed E-state index contributed by atoms with van der Waals surface area (Å²) in [5.41, 5.74) is 2.84. The largest absolute Gasteiger partial charge is 0.456 e. The molecule has 0 unspecified atom stereocenters. The summed E-state index contributed by atoms with van der Waals surface area (Å²) >= 11 is 0. The molecule has 0 spiro atoms. The summed E-state index contributed by atoms with van der Waals surface area (Å²) in [4.78, 5) is 4.44. The number of hydrogen-bond donors (Lipinski definition) is 0. The maximum Gasteiger partial charge on any atom is 0.176 e. The van der Waals surface area contributed by atoms with Crippen LogP contribution in [0.3, 0.4) is 0 Å². The molecule has 0 N–H and O–H groups in total. The maximum absolute atomic E-state index is 5.83. The van der Waals surface area contributed by atoms with Crippen molar-refractivity contribution in [3.05, 3.63) is 48.0 Å². The van der Waals surface area contributed by atoms with E-state index in [1.807, 2.05) is 50.4 Å². The summed E-state index contributed by atoms with van der Waals surface area (Å²) < 4.78 is 16.8. The van der Waals surface area contributed by atoms with Crippen LogP contribution in [0.25, 0.3) is 21.9 Å². The molecule has 0 aliphatic rings. The van der Waals surface area contributed by atoms with Crippen LogP contribution in [0.15, 0.2) is 51.9 Å². The fourth-order valence-electron chi connectivity index (χ4n) is 2.59. The van der Waals surface area contributed by atoms with E-state index in [0.29, 0.717) is 19.8 Å². The fraction of sp³-hybridized carbons (Fsp3) is 0.316. The van der Waals surface area contributed by atoms with E-state index in [4.69, 9.17) is 13.9 Å². The number of fused-ring (bicyclic) bond motifs is 3. The van der Waals surface area contributed by atoms with Gasteiger partial charge in [-0.25, -0.2) is 0 Å². The zero-order valence-electron chi connectivity index (χ0n) is 13.5. The van der Waals surface area contributed by atoms with Gasteiger partial charge < -0.3 is 13.9 Å². The smallest absolute Gasteiger partial charge is 0.176 e. The van der Waals surface area contributed by atoms with Crippen LogP contribution in [0.2, 0.25) is 0 Å². The van der Waals surface area contributed by atoms with Crippen LogP contribution < -0.4 is 0 Å². The Hall–Kier alpha value is -2.17. The Labute approximate surface area is 135 Å². The van der Waals surface area contributed by atoms with E-state index in [0.717, 1.165) is 27.5 Å². The van der Waals surface area contributed by atoms with Crippen LogP contribution in [-0.4, -0.2) is 32.3 Å². The molecule has 0 fully saturated rings. The molecule has 0 bridgehead atoms. The zero-order valence-corrected chi connectivity index (χ0v) is 13.5. The van der Waals surface area contributed by atoms with Crippen LogP contribution in [0.4, 0.5) is 0 Å². The number of para-hydroxylation sites is 1. The Balaban J connectivity index is 1.80. The van der Waals surface area contributed by atoms with Crippen LogP contribution in [0.5, 0.6) is 0 Å². The van der Waals surface area contributed by atoms with Gasteiger partial charge in [0.1, 0.15) is 11.2 Å². The first-order chi connectivity index (χ1) is 11.3. The minimum Gasteiger partial charge on any atom is -0.456 e. The van der Waals surface area contributed by atoms with Crippen molar-refractivity contribution in [3.63, 3.8) is 0 Å². The van der Waals surface area contributed by atoms with Gasteiger partial charge in [-0.2, -0.15) is 0 Å². The Morgan fingerprint density at radius 3 is 2.52 bits per heavy atom. The van der Waals surface area contributed by atoms with E-state index in [9.17, 15) is 0 Å². The first-order valence-corrected chi connectivity index (χ1v) is 7.96. The number of ether oxygens (including phenoxy) is 2. The topological polar surface area (TPSA) is 44.0 Å². The standard InChI is InChI=1S/C19H21NO3/c1-3-21-19(22-4-2)13-20-12-14-9-10-18-16(11-14)15-7-5-6-8-17(15)23-18/h5-12,19H,3-4,13H2,1-2H3. The number of nitrogens with zero attached hydrogens (tertiary/aromatic N) is 1. The van der Waals surface area contributed by atoms with Gasteiger partial charge in [0, 0.05) is 30.2 Å². The third kappa shape index (κ3) is 3.60. The van der Waals surface area contributed by atoms with Crippen LogP contribution in [0, 0.1) is 0 Å². The molecule has 1 aromatic heterocycles. The second-order valence-electron chi connectivity index (χ2n) is 5.19. The molecule has 0 atom stereocenters. The minimum absolute atomic E-state index is 0.278. The van der Waals surface area contributed by atoms with Gasteiger partial charge in [0.15, 0.2) is 6.29 Å². The van der Waals surface area contributed by atoms with Gasteiger partial charge in [0.05, 0.1) is 6.54 Å². The quantitative estimate of drug-likeness (QED) is 0.480. The molecule has 1 heterocycles. The third-order valence-electron chi connectivity index (χ3n) is 3.60. The fourth-order valence-corrected chi connectivity index (χ4v) is 2.59. The highest BCUT2D eigenvalue weighted by Gasteiger charge is 2.07. The van der Waals surface area contributed by atoms with Crippen LogP contribution >= 0.6 is 0 Å². The summed E-state index contributed by atoms with van der Waals surface area (Å²) in [6.45, 7) is 5.63. The molecule has 0 saturated heterocycles. The highest BCUT2D eigenvalue weighted by molar-refractivity contribution is 6.06. The van der Waals surface area contributed by atoms with E-state index in [1.54, 1.807) is 0 Å². The molecule has 4 heteroatoms. The van der Waals surface area contributed by atoms with Gasteiger partial charge >= 0.3 is 0 Å². The molecule has 0 radical (unpaired) electrons. The maximum atomic E-state index is 5.83. The Morgan fingerprint density at radius 1 is 1.00 bits per heavy atom. The number of hydrogen-bond acceptors (Lipinski definition) is 4. The van der Waals surface area contributed by atoms with Crippen molar-refractivity contribution >= 4 is 28.2 Å².